The van der Waals surface area contributed by atoms with E-state index in [0.29, 0.717) is 30.8 Å². The van der Waals surface area contributed by atoms with Gasteiger partial charge in [-0.25, -0.2) is 4.98 Å². The quantitative estimate of drug-likeness (QED) is 0.505. The minimum atomic E-state index is -4.47. The first-order valence-corrected chi connectivity index (χ1v) is 10.3. The van der Waals surface area contributed by atoms with Crippen LogP contribution in [-0.2, 0) is 17.5 Å². The lowest BCUT2D eigenvalue weighted by Gasteiger charge is -2.18. The molecule has 0 unspecified atom stereocenters. The van der Waals surface area contributed by atoms with Crippen molar-refractivity contribution in [2.75, 3.05) is 32.6 Å². The van der Waals surface area contributed by atoms with Crippen molar-refractivity contribution in [3.63, 3.8) is 0 Å². The Balaban J connectivity index is 1.83. The lowest BCUT2D eigenvalue weighted by atomic mass is 10.1. The number of nitrogens with zero attached hydrogens (tertiary/aromatic N) is 2. The minimum absolute atomic E-state index is 0.0575. The van der Waals surface area contributed by atoms with E-state index in [0.717, 1.165) is 23.5 Å². The molecule has 0 bridgehead atoms. The summed E-state index contributed by atoms with van der Waals surface area (Å²) in [6.07, 6.45) is -4.47. The van der Waals surface area contributed by atoms with E-state index in [1.54, 1.807) is 13.2 Å². The molecule has 0 saturated heterocycles. The van der Waals surface area contributed by atoms with E-state index >= 15 is 0 Å². The monoisotopic (exact) mass is 473 g/mol. The van der Waals surface area contributed by atoms with Crippen LogP contribution in [0.25, 0.3) is 10.2 Å². The Hall–Kier alpha value is -2.40. The number of carbonyl (C=O) groups is 1. The molecule has 166 valence electrons. The number of phenolic OH excluding ortho intramolecular Hbond substituents is 1. The van der Waals surface area contributed by atoms with Gasteiger partial charge in [-0.15, -0.1) is 0 Å². The van der Waals surface area contributed by atoms with Crippen molar-refractivity contribution < 1.29 is 27.8 Å². The molecular weight excluding hydrogens is 455 g/mol. The van der Waals surface area contributed by atoms with Gasteiger partial charge in [-0.1, -0.05) is 22.9 Å². The molecule has 0 aliphatic rings. The zero-order chi connectivity index (χ0) is 22.8. The molecule has 0 aliphatic heterocycles. The van der Waals surface area contributed by atoms with Gasteiger partial charge in [-0.3, -0.25) is 15.0 Å². The summed E-state index contributed by atoms with van der Waals surface area (Å²) in [6, 6.07) is 6.04. The molecule has 31 heavy (non-hydrogen) atoms. The van der Waals surface area contributed by atoms with Crippen LogP contribution >= 0.6 is 22.9 Å². The highest BCUT2D eigenvalue weighted by Gasteiger charge is 2.30. The number of phenols is 1. The van der Waals surface area contributed by atoms with Crippen LogP contribution in [0, 0.1) is 0 Å². The zero-order valence-corrected chi connectivity index (χ0v) is 18.2. The number of likely N-dealkylation sites (N-methyl/N-ethyl adjacent to an activating group) is 1. The van der Waals surface area contributed by atoms with Crippen molar-refractivity contribution in [1.82, 2.24) is 9.88 Å². The van der Waals surface area contributed by atoms with Gasteiger partial charge in [0.15, 0.2) is 5.13 Å². The number of hydrogen-bond acceptors (Lipinski definition) is 6. The Morgan fingerprint density at radius 2 is 2.06 bits per heavy atom. The first-order valence-electron chi connectivity index (χ1n) is 9.06. The standard InChI is InChI=1S/C20H19ClF3N3O3S/c1-27(5-6-30-2)10-11-7-13(21)9-14(17(11)28)18(29)26-19-25-15-4-3-12(20(22,23)24)8-16(15)31-19/h3-4,7-9,28H,5-6,10H2,1-2H3,(H,25,26,29). The van der Waals surface area contributed by atoms with Crippen LogP contribution in [-0.4, -0.2) is 48.2 Å². The maximum absolute atomic E-state index is 12.9. The average Bonchev–Trinajstić information content (AvgIpc) is 3.09. The lowest BCUT2D eigenvalue weighted by Crippen LogP contribution is -2.22. The fraction of sp³-hybridized carbons (Fsp3) is 0.300. The summed E-state index contributed by atoms with van der Waals surface area (Å²) in [6.45, 7) is 1.44. The second kappa shape index (κ2) is 9.39. The fourth-order valence-electron chi connectivity index (χ4n) is 2.89. The molecule has 3 rings (SSSR count). The number of fused-ring (bicyclic) bond motifs is 1. The van der Waals surface area contributed by atoms with Crippen molar-refractivity contribution in [3.05, 3.63) is 52.0 Å². The number of thiazole rings is 1. The van der Waals surface area contributed by atoms with Crippen LogP contribution in [0.4, 0.5) is 18.3 Å². The molecule has 11 heteroatoms. The second-order valence-corrected chi connectivity index (χ2v) is 8.31. The summed E-state index contributed by atoms with van der Waals surface area (Å²) in [5.41, 5.74) is -0.0754. The number of alkyl halides is 3. The van der Waals surface area contributed by atoms with Gasteiger partial charge in [0.05, 0.1) is 28.0 Å². The topological polar surface area (TPSA) is 74.7 Å². The third kappa shape index (κ3) is 5.65. The highest BCUT2D eigenvalue weighted by atomic mass is 35.5. The van der Waals surface area contributed by atoms with Crippen molar-refractivity contribution in [2.45, 2.75) is 12.7 Å². The Bertz CT molecular complexity index is 1100. The summed E-state index contributed by atoms with van der Waals surface area (Å²) in [7, 11) is 3.41. The van der Waals surface area contributed by atoms with Gasteiger partial charge < -0.3 is 9.84 Å². The molecule has 0 radical (unpaired) electrons. The van der Waals surface area contributed by atoms with Gasteiger partial charge >= 0.3 is 6.18 Å². The van der Waals surface area contributed by atoms with E-state index in [4.69, 9.17) is 16.3 Å². The number of aromatic nitrogens is 1. The molecule has 0 atom stereocenters. The van der Waals surface area contributed by atoms with Crippen molar-refractivity contribution >= 4 is 44.2 Å². The summed E-state index contributed by atoms with van der Waals surface area (Å²) in [5.74, 6) is -0.900. The number of rotatable bonds is 7. The molecule has 6 nitrogen and oxygen atoms in total. The number of halogens is 4. The summed E-state index contributed by atoms with van der Waals surface area (Å²) >= 11 is 7.03. The molecule has 1 heterocycles. The molecule has 0 fully saturated rings. The number of methoxy groups -OCH3 is 1. The van der Waals surface area contributed by atoms with Gasteiger partial charge in [-0.2, -0.15) is 13.2 Å². The van der Waals surface area contributed by atoms with Gasteiger partial charge in [-0.05, 0) is 37.4 Å². The van der Waals surface area contributed by atoms with E-state index in [1.165, 1.54) is 12.1 Å². The van der Waals surface area contributed by atoms with Gasteiger partial charge in [0.2, 0.25) is 0 Å². The summed E-state index contributed by atoms with van der Waals surface area (Å²) < 4.78 is 44.0. The number of ether oxygens (including phenoxy) is 1. The lowest BCUT2D eigenvalue weighted by molar-refractivity contribution is -0.137. The maximum Gasteiger partial charge on any atom is 0.416 e. The molecular formula is C20H19ClF3N3O3S. The number of benzene rings is 2. The predicted octanol–water partition coefficient (Wildman–Crippen LogP) is 5.00. The number of amides is 1. The zero-order valence-electron chi connectivity index (χ0n) is 16.6. The third-order valence-electron chi connectivity index (χ3n) is 4.45. The molecule has 2 N–H and O–H groups in total. The van der Waals surface area contributed by atoms with Crippen LogP contribution in [0.1, 0.15) is 21.5 Å². The molecule has 0 aliphatic carbocycles. The average molecular weight is 474 g/mol. The molecule has 1 aromatic heterocycles. The van der Waals surface area contributed by atoms with Crippen LogP contribution < -0.4 is 5.32 Å². The van der Waals surface area contributed by atoms with E-state index in [-0.39, 0.29) is 26.2 Å². The van der Waals surface area contributed by atoms with Crippen LogP contribution in [0.2, 0.25) is 5.02 Å². The molecule has 0 saturated carbocycles. The van der Waals surface area contributed by atoms with Crippen LogP contribution in [0.15, 0.2) is 30.3 Å². The Labute approximate surface area is 185 Å². The molecule has 3 aromatic rings. The van der Waals surface area contributed by atoms with Crippen LogP contribution in [0.5, 0.6) is 5.75 Å². The minimum Gasteiger partial charge on any atom is -0.507 e. The number of hydrogen-bond donors (Lipinski definition) is 2. The number of carbonyl (C=O) groups excluding carboxylic acids is 1. The molecule has 1 amide bonds. The van der Waals surface area contributed by atoms with Crippen molar-refractivity contribution in [3.8, 4) is 5.75 Å². The Morgan fingerprint density at radius 1 is 1.32 bits per heavy atom. The first-order chi connectivity index (χ1) is 14.6. The number of aromatic hydroxyl groups is 1. The van der Waals surface area contributed by atoms with E-state index in [2.05, 4.69) is 10.3 Å². The summed E-state index contributed by atoms with van der Waals surface area (Å²) in [5, 5.41) is 13.5. The second-order valence-electron chi connectivity index (χ2n) is 6.85. The smallest absolute Gasteiger partial charge is 0.416 e. The Morgan fingerprint density at radius 3 is 2.74 bits per heavy atom. The van der Waals surface area contributed by atoms with E-state index in [9.17, 15) is 23.1 Å². The van der Waals surface area contributed by atoms with Gasteiger partial charge in [0.1, 0.15) is 5.75 Å². The van der Waals surface area contributed by atoms with E-state index < -0.39 is 17.6 Å². The third-order valence-corrected chi connectivity index (χ3v) is 5.60. The normalized spacial score (nSPS) is 12.0. The highest BCUT2D eigenvalue weighted by Crippen LogP contribution is 2.35. The van der Waals surface area contributed by atoms with Crippen LogP contribution in [0.3, 0.4) is 0 Å². The fourth-order valence-corrected chi connectivity index (χ4v) is 4.03. The van der Waals surface area contributed by atoms with Gasteiger partial charge in [0.25, 0.3) is 5.91 Å². The van der Waals surface area contributed by atoms with Crippen molar-refractivity contribution in [2.24, 2.45) is 0 Å². The van der Waals surface area contributed by atoms with E-state index in [1.807, 2.05) is 11.9 Å². The SMILES string of the molecule is COCCN(C)Cc1cc(Cl)cc(C(=O)Nc2nc3ccc(C(F)(F)F)cc3s2)c1O. The molecule has 0 spiro atoms. The number of anilines is 1. The highest BCUT2D eigenvalue weighted by molar-refractivity contribution is 7.22. The predicted molar refractivity (Wildman–Crippen MR) is 114 cm³/mol. The van der Waals surface area contributed by atoms with Gasteiger partial charge in [0, 0.05) is 30.8 Å². The first kappa shape index (κ1) is 23.3. The maximum atomic E-state index is 12.9. The largest absolute Gasteiger partial charge is 0.507 e. The van der Waals surface area contributed by atoms with Crippen molar-refractivity contribution in [1.29, 1.82) is 0 Å². The Kier molecular flexibility index (Phi) is 7.05. The number of nitrogens with one attached hydrogen (secondary N) is 1. The molecule has 2 aromatic carbocycles. The summed E-state index contributed by atoms with van der Waals surface area (Å²) in [4.78, 5) is 18.8.